The van der Waals surface area contributed by atoms with Crippen LogP contribution in [0.5, 0.6) is 0 Å². The van der Waals surface area contributed by atoms with E-state index in [1.165, 1.54) is 17.8 Å². The van der Waals surface area contributed by atoms with E-state index in [9.17, 15) is 18.8 Å². The summed E-state index contributed by atoms with van der Waals surface area (Å²) in [5.74, 6) is -1.85. The highest BCUT2D eigenvalue weighted by Crippen LogP contribution is 2.32. The Hall–Kier alpha value is -3.06. The van der Waals surface area contributed by atoms with Crippen molar-refractivity contribution in [1.29, 1.82) is 0 Å². The van der Waals surface area contributed by atoms with Crippen LogP contribution in [0.1, 0.15) is 33.4 Å². The molecule has 5 N–H and O–H groups in total. The van der Waals surface area contributed by atoms with Crippen LogP contribution in [0.2, 0.25) is 0 Å². The number of nitrogens with zero attached hydrogens (tertiary/aromatic N) is 3. The lowest BCUT2D eigenvalue weighted by atomic mass is 10.1. The average Bonchev–Trinajstić information content (AvgIpc) is 3.28. The molecule has 1 saturated heterocycles. The minimum atomic E-state index is -1.46. The Balaban J connectivity index is 1.59. The average molecular weight is 440 g/mol. The van der Waals surface area contributed by atoms with Gasteiger partial charge in [-0.15, -0.1) is 0 Å². The van der Waals surface area contributed by atoms with E-state index in [1.807, 2.05) is 0 Å². The number of ether oxygens (including phenoxy) is 3. The third kappa shape index (κ3) is 4.82. The minimum Gasteiger partial charge on any atom is -0.460 e. The zero-order chi connectivity index (χ0) is 22.9. The van der Waals surface area contributed by atoms with Gasteiger partial charge < -0.3 is 25.7 Å². The number of esters is 2. The molecule has 1 aliphatic heterocycles. The molecule has 0 radical (unpaired) electrons. The molecule has 170 valence electrons. The molecule has 12 nitrogen and oxygen atoms in total. The van der Waals surface area contributed by atoms with Gasteiger partial charge in [0.1, 0.15) is 31.2 Å². The van der Waals surface area contributed by atoms with Crippen LogP contribution >= 0.6 is 0 Å². The van der Waals surface area contributed by atoms with Gasteiger partial charge in [0.05, 0.1) is 6.33 Å². The van der Waals surface area contributed by atoms with E-state index in [0.717, 1.165) is 0 Å². The van der Waals surface area contributed by atoms with Crippen LogP contribution in [0.15, 0.2) is 11.1 Å². The maximum atomic E-state index is 14.5. The molecule has 1 aliphatic rings. The third-order valence-electron chi connectivity index (χ3n) is 4.93. The van der Waals surface area contributed by atoms with Crippen LogP contribution in [0.4, 0.5) is 10.3 Å². The zero-order valence-electron chi connectivity index (χ0n) is 17.3. The van der Waals surface area contributed by atoms with Crippen molar-refractivity contribution >= 4 is 29.1 Å². The van der Waals surface area contributed by atoms with Gasteiger partial charge in [-0.1, -0.05) is 13.8 Å². The minimum absolute atomic E-state index is 0.0401. The second kappa shape index (κ2) is 8.98. The predicted molar refractivity (Wildman–Crippen MR) is 105 cm³/mol. The number of nitrogens with two attached hydrogens (primary N) is 2. The van der Waals surface area contributed by atoms with Crippen LogP contribution in [0.3, 0.4) is 0 Å². The summed E-state index contributed by atoms with van der Waals surface area (Å²) in [6.45, 7) is 4.43. The van der Waals surface area contributed by atoms with Gasteiger partial charge in [-0.2, -0.15) is 4.98 Å². The Bertz CT molecular complexity index is 1020. The number of nitrogen functional groups attached to an aromatic ring is 1. The second-order valence-electron chi connectivity index (χ2n) is 7.64. The highest BCUT2D eigenvalue weighted by atomic mass is 19.1. The third-order valence-corrected chi connectivity index (χ3v) is 4.93. The number of H-pyrrole nitrogens is 1. The highest BCUT2D eigenvalue weighted by molar-refractivity contribution is 5.81. The number of imidazole rings is 1. The predicted octanol–water partition coefficient (Wildman–Crippen LogP) is -0.214. The van der Waals surface area contributed by atoms with Crippen molar-refractivity contribution in [1.82, 2.24) is 19.5 Å². The summed E-state index contributed by atoms with van der Waals surface area (Å²) in [4.78, 5) is 46.1. The number of carbonyl (C=O) groups is 2. The van der Waals surface area contributed by atoms with Crippen molar-refractivity contribution in [3.05, 3.63) is 16.7 Å². The highest BCUT2D eigenvalue weighted by Gasteiger charge is 2.38. The van der Waals surface area contributed by atoms with Gasteiger partial charge in [-0.25, -0.2) is 14.2 Å². The van der Waals surface area contributed by atoms with Crippen LogP contribution in [0.25, 0.3) is 11.2 Å². The van der Waals surface area contributed by atoms with Gasteiger partial charge in [-0.3, -0.25) is 19.1 Å². The molecule has 31 heavy (non-hydrogen) atoms. The van der Waals surface area contributed by atoms with Gasteiger partial charge in [0.25, 0.3) is 5.56 Å². The van der Waals surface area contributed by atoms with Crippen LogP contribution < -0.4 is 17.0 Å². The van der Waals surface area contributed by atoms with E-state index in [1.54, 1.807) is 13.8 Å². The summed E-state index contributed by atoms with van der Waals surface area (Å²) >= 11 is 0. The molecule has 13 heteroatoms. The number of nitrogens with one attached hydrogen (secondary N) is 1. The molecule has 0 amide bonds. The fraction of sp³-hybridized carbons (Fsp3) is 0.611. The fourth-order valence-electron chi connectivity index (χ4n) is 3.02. The van der Waals surface area contributed by atoms with Crippen molar-refractivity contribution in [2.45, 2.75) is 57.8 Å². The number of aromatic nitrogens is 4. The number of fused-ring (bicyclic) bond motifs is 1. The Kier molecular flexibility index (Phi) is 6.55. The Morgan fingerprint density at radius 3 is 2.77 bits per heavy atom. The molecular weight excluding hydrogens is 415 g/mol. The van der Waals surface area contributed by atoms with E-state index in [-0.39, 0.29) is 29.5 Å². The lowest BCUT2D eigenvalue weighted by Gasteiger charge is -2.19. The maximum Gasteiger partial charge on any atom is 0.347 e. The van der Waals surface area contributed by atoms with Crippen LogP contribution in [-0.2, 0) is 23.8 Å². The Morgan fingerprint density at radius 1 is 1.39 bits per heavy atom. The molecule has 2 aromatic heterocycles. The first kappa shape index (κ1) is 22.6. The molecule has 0 aromatic carbocycles. The Morgan fingerprint density at radius 2 is 2.10 bits per heavy atom. The molecule has 1 fully saturated rings. The molecule has 0 bridgehead atoms. The van der Waals surface area contributed by atoms with Crippen LogP contribution in [0, 0.1) is 5.92 Å². The molecular formula is C18H25FN6O6. The summed E-state index contributed by atoms with van der Waals surface area (Å²) in [5.41, 5.74) is 10.9. The summed E-state index contributed by atoms with van der Waals surface area (Å²) in [6.07, 6.45) is -3.32. The quantitative estimate of drug-likeness (QED) is 0.488. The SMILES string of the molecule is CC(OC(=O)[C@@H](N)C(C)C)C(=O)OC[C@H]1O[C@@H](n2cnc3c(=O)[nH]c(N)nc32)C[C@@H]1F. The number of alkyl halides is 1. The zero-order valence-corrected chi connectivity index (χ0v) is 17.3. The maximum absolute atomic E-state index is 14.5. The van der Waals surface area contributed by atoms with Crippen molar-refractivity contribution in [3.63, 3.8) is 0 Å². The van der Waals surface area contributed by atoms with E-state index in [0.29, 0.717) is 0 Å². The van der Waals surface area contributed by atoms with Gasteiger partial charge in [0.15, 0.2) is 17.3 Å². The van der Waals surface area contributed by atoms with E-state index in [4.69, 9.17) is 25.7 Å². The normalized spacial score (nSPS) is 23.1. The first-order valence-corrected chi connectivity index (χ1v) is 9.73. The lowest BCUT2D eigenvalue weighted by Crippen LogP contribution is -2.40. The lowest BCUT2D eigenvalue weighted by molar-refractivity contribution is -0.171. The van der Waals surface area contributed by atoms with Crippen LogP contribution in [-0.4, -0.2) is 62.5 Å². The molecule has 0 saturated carbocycles. The molecule has 0 spiro atoms. The first-order valence-electron chi connectivity index (χ1n) is 9.73. The number of rotatable bonds is 7. The van der Waals surface area contributed by atoms with Crippen molar-refractivity contribution in [3.8, 4) is 0 Å². The number of anilines is 1. The van der Waals surface area contributed by atoms with Gasteiger partial charge >= 0.3 is 11.9 Å². The summed E-state index contributed by atoms with van der Waals surface area (Å²) in [7, 11) is 0. The topological polar surface area (TPSA) is 177 Å². The molecule has 2 aromatic rings. The Labute approximate surface area is 176 Å². The summed E-state index contributed by atoms with van der Waals surface area (Å²) < 4.78 is 31.6. The molecule has 5 atom stereocenters. The second-order valence-corrected chi connectivity index (χ2v) is 7.64. The summed E-state index contributed by atoms with van der Waals surface area (Å²) in [5, 5.41) is 0. The fourth-order valence-corrected chi connectivity index (χ4v) is 3.02. The van der Waals surface area contributed by atoms with Gasteiger partial charge in [-0.05, 0) is 12.8 Å². The smallest absolute Gasteiger partial charge is 0.347 e. The molecule has 3 heterocycles. The van der Waals surface area contributed by atoms with E-state index < -0.39 is 54.8 Å². The molecule has 1 unspecified atom stereocenters. The van der Waals surface area contributed by atoms with Crippen molar-refractivity contribution < 1.29 is 28.2 Å². The van der Waals surface area contributed by atoms with E-state index in [2.05, 4.69) is 15.0 Å². The number of aromatic amines is 1. The number of hydrogen-bond donors (Lipinski definition) is 3. The standard InChI is InChI=1S/C18H25FN6O6/c1-7(2)12(20)17(28)30-8(3)16(27)29-5-10-9(19)4-11(31-10)25-6-22-13-14(25)23-18(21)24-15(13)26/h6-12H,4-5,20H2,1-3H3,(H3,21,23,24,26)/t8?,9-,10+,11+,12-/m0/s1. The van der Waals surface area contributed by atoms with E-state index >= 15 is 0 Å². The summed E-state index contributed by atoms with van der Waals surface area (Å²) in [6, 6.07) is -0.871. The largest absolute Gasteiger partial charge is 0.460 e. The number of halogens is 1. The number of hydrogen-bond acceptors (Lipinski definition) is 10. The van der Waals surface area contributed by atoms with Crippen molar-refractivity contribution in [2.75, 3.05) is 12.3 Å². The van der Waals surface area contributed by atoms with Gasteiger partial charge in [0.2, 0.25) is 5.95 Å². The molecule has 0 aliphatic carbocycles. The van der Waals surface area contributed by atoms with Crippen molar-refractivity contribution in [2.24, 2.45) is 11.7 Å². The number of carbonyl (C=O) groups excluding carboxylic acids is 2. The van der Waals surface area contributed by atoms with Gasteiger partial charge in [0, 0.05) is 6.42 Å². The molecule has 3 rings (SSSR count). The first-order chi connectivity index (χ1) is 14.6. The monoisotopic (exact) mass is 440 g/mol.